The van der Waals surface area contributed by atoms with Crippen LogP contribution in [0.25, 0.3) is 0 Å². The summed E-state index contributed by atoms with van der Waals surface area (Å²) in [6.07, 6.45) is 0.198. The number of carbonyl (C=O) groups excluding carboxylic acids is 2. The highest BCUT2D eigenvalue weighted by molar-refractivity contribution is 9.10. The van der Waals surface area contributed by atoms with Gasteiger partial charge >= 0.3 is 0 Å². The average molecular weight is 365 g/mol. The largest absolute Gasteiger partial charge is 0.274 e. The molecule has 0 radical (unpaired) electrons. The Kier molecular flexibility index (Phi) is 3.83. The standard InChI is InChI=1S/C16H11BrClNO2/c17-13-8-11(6-7-14(13)18)19-15(20)9-12(16(19)21)10-4-2-1-3-5-10/h1-8,12H,9H2. The molecular weight excluding hydrogens is 354 g/mol. The molecule has 1 fully saturated rings. The van der Waals surface area contributed by atoms with Gasteiger partial charge in [0.15, 0.2) is 0 Å². The molecule has 1 aliphatic heterocycles. The minimum absolute atomic E-state index is 0.192. The molecule has 0 N–H and O–H groups in total. The Bertz CT molecular complexity index is 717. The highest BCUT2D eigenvalue weighted by atomic mass is 79.9. The Morgan fingerprint density at radius 2 is 1.81 bits per heavy atom. The fourth-order valence-corrected chi connectivity index (χ4v) is 2.96. The van der Waals surface area contributed by atoms with Crippen LogP contribution in [0.4, 0.5) is 5.69 Å². The first kappa shape index (κ1) is 14.3. The van der Waals surface area contributed by atoms with Crippen LogP contribution in [0.3, 0.4) is 0 Å². The second-order valence-corrected chi connectivity index (χ2v) is 6.09. The van der Waals surface area contributed by atoms with Gasteiger partial charge in [-0.3, -0.25) is 9.59 Å². The van der Waals surface area contributed by atoms with Gasteiger partial charge < -0.3 is 0 Å². The van der Waals surface area contributed by atoms with E-state index in [1.54, 1.807) is 18.2 Å². The number of benzene rings is 2. The van der Waals surface area contributed by atoms with Gasteiger partial charge in [0.05, 0.1) is 16.6 Å². The van der Waals surface area contributed by atoms with Crippen molar-refractivity contribution in [2.24, 2.45) is 0 Å². The lowest BCUT2D eigenvalue weighted by atomic mass is 9.98. The van der Waals surface area contributed by atoms with Crippen LogP contribution in [0, 0.1) is 0 Å². The SMILES string of the molecule is O=C1CC(c2ccccc2)C(=O)N1c1ccc(Cl)c(Br)c1. The topological polar surface area (TPSA) is 37.4 Å². The van der Waals surface area contributed by atoms with Gasteiger partial charge in [0.1, 0.15) is 0 Å². The van der Waals surface area contributed by atoms with E-state index in [1.807, 2.05) is 30.3 Å². The monoisotopic (exact) mass is 363 g/mol. The van der Waals surface area contributed by atoms with Crippen molar-refractivity contribution in [3.8, 4) is 0 Å². The lowest BCUT2D eigenvalue weighted by Gasteiger charge is -2.16. The molecule has 2 aromatic carbocycles. The highest BCUT2D eigenvalue weighted by Gasteiger charge is 2.40. The second-order valence-electron chi connectivity index (χ2n) is 4.83. The third kappa shape index (κ3) is 2.61. The normalized spacial score (nSPS) is 18.4. The molecule has 2 aromatic rings. The Morgan fingerprint density at radius 1 is 1.10 bits per heavy atom. The van der Waals surface area contributed by atoms with Crippen LogP contribution in [0.5, 0.6) is 0 Å². The zero-order valence-corrected chi connectivity index (χ0v) is 13.3. The molecule has 5 heteroatoms. The fourth-order valence-electron chi connectivity index (χ4n) is 2.47. The summed E-state index contributed by atoms with van der Waals surface area (Å²) < 4.78 is 0.658. The predicted molar refractivity (Wildman–Crippen MR) is 85.4 cm³/mol. The molecule has 0 saturated carbocycles. The van der Waals surface area contributed by atoms with Crippen LogP contribution in [-0.4, -0.2) is 11.8 Å². The first-order valence-corrected chi connectivity index (χ1v) is 7.62. The number of halogens is 2. The number of hydrogen-bond donors (Lipinski definition) is 0. The Hall–Kier alpha value is -1.65. The van der Waals surface area contributed by atoms with Crippen LogP contribution >= 0.6 is 27.5 Å². The molecular formula is C16H11BrClNO2. The maximum Gasteiger partial charge on any atom is 0.241 e. The van der Waals surface area contributed by atoms with Gasteiger partial charge in [-0.05, 0) is 39.7 Å². The molecule has 0 spiro atoms. The van der Waals surface area contributed by atoms with E-state index in [1.165, 1.54) is 4.90 Å². The highest BCUT2D eigenvalue weighted by Crippen LogP contribution is 2.35. The van der Waals surface area contributed by atoms with Crippen molar-refractivity contribution in [3.05, 3.63) is 63.6 Å². The number of amides is 2. The average Bonchev–Trinajstić information content (AvgIpc) is 2.78. The molecule has 21 heavy (non-hydrogen) atoms. The molecule has 3 nitrogen and oxygen atoms in total. The van der Waals surface area contributed by atoms with Gasteiger partial charge in [0.2, 0.25) is 11.8 Å². The molecule has 1 saturated heterocycles. The maximum atomic E-state index is 12.6. The molecule has 0 aromatic heterocycles. The van der Waals surface area contributed by atoms with Crippen molar-refractivity contribution in [2.45, 2.75) is 12.3 Å². The van der Waals surface area contributed by atoms with Gasteiger partial charge in [-0.15, -0.1) is 0 Å². The molecule has 106 valence electrons. The Balaban J connectivity index is 1.96. The van der Waals surface area contributed by atoms with E-state index in [2.05, 4.69) is 15.9 Å². The summed E-state index contributed by atoms with van der Waals surface area (Å²) in [4.78, 5) is 26.0. The summed E-state index contributed by atoms with van der Waals surface area (Å²) in [5.74, 6) is -0.795. The van der Waals surface area contributed by atoms with E-state index in [0.717, 1.165) is 5.56 Å². The third-order valence-corrected chi connectivity index (χ3v) is 4.72. The van der Waals surface area contributed by atoms with Crippen molar-refractivity contribution in [1.29, 1.82) is 0 Å². The quantitative estimate of drug-likeness (QED) is 0.751. The lowest BCUT2D eigenvalue weighted by Crippen LogP contribution is -2.30. The molecule has 1 atom stereocenters. The zero-order valence-electron chi connectivity index (χ0n) is 10.9. The van der Waals surface area contributed by atoms with E-state index in [9.17, 15) is 9.59 Å². The summed E-state index contributed by atoms with van der Waals surface area (Å²) in [5.41, 5.74) is 1.41. The van der Waals surface area contributed by atoms with Crippen LogP contribution < -0.4 is 4.90 Å². The maximum absolute atomic E-state index is 12.6. The molecule has 1 unspecified atom stereocenters. The fraction of sp³-hybridized carbons (Fsp3) is 0.125. The van der Waals surface area contributed by atoms with Crippen LogP contribution in [0.2, 0.25) is 5.02 Å². The second kappa shape index (κ2) is 5.62. The van der Waals surface area contributed by atoms with E-state index >= 15 is 0 Å². The summed E-state index contributed by atoms with van der Waals surface area (Å²) in [6.45, 7) is 0. The number of carbonyl (C=O) groups is 2. The number of rotatable bonds is 2. The van der Waals surface area contributed by atoms with Crippen molar-refractivity contribution >= 4 is 45.0 Å². The smallest absolute Gasteiger partial charge is 0.241 e. The Labute approximate surface area is 135 Å². The van der Waals surface area contributed by atoms with Crippen molar-refractivity contribution in [3.63, 3.8) is 0 Å². The number of anilines is 1. The zero-order chi connectivity index (χ0) is 15.0. The molecule has 2 amide bonds. The lowest BCUT2D eigenvalue weighted by molar-refractivity contribution is -0.121. The Morgan fingerprint density at radius 3 is 2.48 bits per heavy atom. The van der Waals surface area contributed by atoms with Crippen molar-refractivity contribution in [1.82, 2.24) is 0 Å². The van der Waals surface area contributed by atoms with Crippen molar-refractivity contribution in [2.75, 3.05) is 4.90 Å². The van der Waals surface area contributed by atoms with Crippen LogP contribution in [-0.2, 0) is 9.59 Å². The van der Waals surface area contributed by atoms with Gasteiger partial charge in [0, 0.05) is 10.9 Å². The third-order valence-electron chi connectivity index (χ3n) is 3.51. The molecule has 1 heterocycles. The number of nitrogens with zero attached hydrogens (tertiary/aromatic N) is 1. The van der Waals surface area contributed by atoms with E-state index < -0.39 is 5.92 Å². The summed E-state index contributed by atoms with van der Waals surface area (Å²) in [7, 11) is 0. The first-order chi connectivity index (χ1) is 10.1. The molecule has 1 aliphatic rings. The first-order valence-electron chi connectivity index (χ1n) is 6.44. The van der Waals surface area contributed by atoms with Gasteiger partial charge in [-0.25, -0.2) is 4.90 Å². The molecule has 0 aliphatic carbocycles. The van der Waals surface area contributed by atoms with Gasteiger partial charge in [-0.2, -0.15) is 0 Å². The van der Waals surface area contributed by atoms with Crippen LogP contribution in [0.1, 0.15) is 17.9 Å². The van der Waals surface area contributed by atoms with E-state index in [0.29, 0.717) is 15.2 Å². The predicted octanol–water partition coefficient (Wildman–Crippen LogP) is 4.15. The summed E-state index contributed by atoms with van der Waals surface area (Å²) >= 11 is 9.26. The minimum atomic E-state index is -0.409. The van der Waals surface area contributed by atoms with E-state index in [4.69, 9.17) is 11.6 Å². The minimum Gasteiger partial charge on any atom is -0.274 e. The number of hydrogen-bond acceptors (Lipinski definition) is 2. The summed E-state index contributed by atoms with van der Waals surface area (Å²) in [6, 6.07) is 14.4. The van der Waals surface area contributed by atoms with Crippen LogP contribution in [0.15, 0.2) is 53.0 Å². The molecule has 0 bridgehead atoms. The van der Waals surface area contributed by atoms with Crippen molar-refractivity contribution < 1.29 is 9.59 Å². The summed E-state index contributed by atoms with van der Waals surface area (Å²) in [5, 5.41) is 0.539. The van der Waals surface area contributed by atoms with E-state index in [-0.39, 0.29) is 18.2 Å². The number of imide groups is 1. The molecule has 3 rings (SSSR count). The van der Waals surface area contributed by atoms with Gasteiger partial charge in [-0.1, -0.05) is 41.9 Å². The van der Waals surface area contributed by atoms with Gasteiger partial charge in [0.25, 0.3) is 0 Å².